The molecule has 78 valence electrons. The van der Waals surface area contributed by atoms with E-state index < -0.39 is 0 Å². The summed E-state index contributed by atoms with van der Waals surface area (Å²) < 4.78 is 0. The molecule has 1 amide bonds. The summed E-state index contributed by atoms with van der Waals surface area (Å²) in [5.74, 6) is 0.0525. The molecule has 0 unspecified atom stereocenters. The Labute approximate surface area is 93.0 Å². The van der Waals surface area contributed by atoms with Gasteiger partial charge in [-0.25, -0.2) is 0 Å². The van der Waals surface area contributed by atoms with Gasteiger partial charge in [0.05, 0.1) is 17.9 Å². The smallest absolute Gasteiger partial charge is 0.243 e. The lowest BCUT2D eigenvalue weighted by atomic mass is 10.2. The zero-order valence-corrected chi connectivity index (χ0v) is 8.92. The molecule has 1 aromatic carbocycles. The second-order valence-electron chi connectivity index (χ2n) is 4.07. The first-order chi connectivity index (χ1) is 7.24. The normalized spacial score (nSPS) is 19.8. The third kappa shape index (κ3) is 1.57. The number of halogens is 1. The van der Waals surface area contributed by atoms with E-state index in [1.165, 1.54) is 12.8 Å². The first-order valence-corrected chi connectivity index (χ1v) is 5.48. The average molecular weight is 223 g/mol. The predicted molar refractivity (Wildman–Crippen MR) is 60.4 cm³/mol. The number of rotatable bonds is 1. The van der Waals surface area contributed by atoms with Crippen LogP contribution in [0.2, 0.25) is 5.02 Å². The van der Waals surface area contributed by atoms with Crippen LogP contribution in [0.4, 0.5) is 11.4 Å². The number of hydrogen-bond donors (Lipinski definition) is 1. The van der Waals surface area contributed by atoms with Crippen LogP contribution < -0.4 is 10.2 Å². The van der Waals surface area contributed by atoms with Crippen LogP contribution in [0, 0.1) is 0 Å². The summed E-state index contributed by atoms with van der Waals surface area (Å²) in [4.78, 5) is 13.7. The van der Waals surface area contributed by atoms with Gasteiger partial charge in [0, 0.05) is 11.1 Å². The van der Waals surface area contributed by atoms with Crippen molar-refractivity contribution in [1.29, 1.82) is 0 Å². The molecule has 4 heteroatoms. The zero-order valence-electron chi connectivity index (χ0n) is 8.16. The molecule has 1 aliphatic heterocycles. The molecule has 1 fully saturated rings. The number of hydrogen-bond acceptors (Lipinski definition) is 2. The van der Waals surface area contributed by atoms with Crippen LogP contribution in [-0.4, -0.2) is 18.5 Å². The highest BCUT2D eigenvalue weighted by atomic mass is 35.5. The second kappa shape index (κ2) is 3.14. The van der Waals surface area contributed by atoms with Gasteiger partial charge in [0.25, 0.3) is 0 Å². The van der Waals surface area contributed by atoms with Gasteiger partial charge in [-0.05, 0) is 31.0 Å². The maximum atomic E-state index is 11.5. The third-order valence-corrected chi connectivity index (χ3v) is 3.08. The molecule has 0 bridgehead atoms. The van der Waals surface area contributed by atoms with Gasteiger partial charge in [-0.2, -0.15) is 0 Å². The summed E-state index contributed by atoms with van der Waals surface area (Å²) in [6.45, 7) is 0.472. The molecule has 0 aromatic heterocycles. The fourth-order valence-corrected chi connectivity index (χ4v) is 2.17. The zero-order chi connectivity index (χ0) is 10.4. The van der Waals surface area contributed by atoms with Crippen molar-refractivity contribution in [2.75, 3.05) is 16.8 Å². The van der Waals surface area contributed by atoms with Gasteiger partial charge in [-0.15, -0.1) is 0 Å². The molecule has 1 aromatic rings. The van der Waals surface area contributed by atoms with E-state index in [-0.39, 0.29) is 5.91 Å². The fraction of sp³-hybridized carbons (Fsp3) is 0.364. The molecule has 3 rings (SSSR count). The number of carbonyl (C=O) groups is 1. The summed E-state index contributed by atoms with van der Waals surface area (Å²) in [7, 11) is 0. The van der Waals surface area contributed by atoms with Crippen molar-refractivity contribution in [2.45, 2.75) is 18.9 Å². The minimum Gasteiger partial charge on any atom is -0.358 e. The molecule has 1 N–H and O–H groups in total. The lowest BCUT2D eigenvalue weighted by molar-refractivity contribution is -0.115. The number of nitrogens with zero attached hydrogens (tertiary/aromatic N) is 1. The number of nitrogens with one attached hydrogen (secondary N) is 1. The first kappa shape index (κ1) is 9.04. The standard InChI is InChI=1S/C11H11ClN2O/c12-7-1-4-10-9(5-7)13-11(15)6-14(10)8-2-3-8/h1,4-5,8H,2-3,6H2,(H,13,15). The molecule has 1 saturated carbocycles. The summed E-state index contributed by atoms with van der Waals surface area (Å²) >= 11 is 5.90. The molecular formula is C11H11ClN2O. The molecule has 1 heterocycles. The third-order valence-electron chi connectivity index (χ3n) is 2.84. The Bertz CT molecular complexity index is 429. The predicted octanol–water partition coefficient (Wildman–Crippen LogP) is 2.26. The van der Waals surface area contributed by atoms with Crippen molar-refractivity contribution in [3.63, 3.8) is 0 Å². The summed E-state index contributed by atoms with van der Waals surface area (Å²) in [5.41, 5.74) is 1.94. The van der Waals surface area contributed by atoms with Crippen molar-refractivity contribution >= 4 is 28.9 Å². The maximum absolute atomic E-state index is 11.5. The highest BCUT2D eigenvalue weighted by Gasteiger charge is 2.34. The Kier molecular flexibility index (Phi) is 1.89. The molecular weight excluding hydrogens is 212 g/mol. The molecule has 3 nitrogen and oxygen atoms in total. The summed E-state index contributed by atoms with van der Waals surface area (Å²) in [6, 6.07) is 6.21. The Morgan fingerprint density at radius 2 is 2.20 bits per heavy atom. The fourth-order valence-electron chi connectivity index (χ4n) is 2.00. The number of anilines is 2. The Hall–Kier alpha value is -1.22. The highest BCUT2D eigenvalue weighted by Crippen LogP contribution is 2.38. The number of carbonyl (C=O) groups excluding carboxylic acids is 1. The van der Waals surface area contributed by atoms with Crippen LogP contribution in [0.25, 0.3) is 0 Å². The van der Waals surface area contributed by atoms with Crippen LogP contribution in [0.5, 0.6) is 0 Å². The second-order valence-corrected chi connectivity index (χ2v) is 4.51. The van der Waals surface area contributed by atoms with E-state index in [1.807, 2.05) is 18.2 Å². The van der Waals surface area contributed by atoms with E-state index in [2.05, 4.69) is 10.2 Å². The van der Waals surface area contributed by atoms with Gasteiger partial charge < -0.3 is 10.2 Å². The van der Waals surface area contributed by atoms with Gasteiger partial charge in [-0.1, -0.05) is 11.6 Å². The molecule has 0 atom stereocenters. The van der Waals surface area contributed by atoms with E-state index in [0.717, 1.165) is 11.4 Å². The molecule has 0 spiro atoms. The summed E-state index contributed by atoms with van der Waals surface area (Å²) in [5, 5.41) is 3.51. The Balaban J connectivity index is 2.05. The van der Waals surface area contributed by atoms with Crippen LogP contribution in [0.3, 0.4) is 0 Å². The van der Waals surface area contributed by atoms with Crippen molar-refractivity contribution in [2.24, 2.45) is 0 Å². The molecule has 15 heavy (non-hydrogen) atoms. The van der Waals surface area contributed by atoms with Gasteiger partial charge in [0.1, 0.15) is 0 Å². The maximum Gasteiger partial charge on any atom is 0.243 e. The number of amides is 1. The van der Waals surface area contributed by atoms with E-state index in [9.17, 15) is 4.79 Å². The quantitative estimate of drug-likeness (QED) is 0.791. The lowest BCUT2D eigenvalue weighted by Gasteiger charge is -2.31. The van der Waals surface area contributed by atoms with Crippen molar-refractivity contribution in [1.82, 2.24) is 0 Å². The number of benzene rings is 1. The largest absolute Gasteiger partial charge is 0.358 e. The minimum absolute atomic E-state index is 0.0525. The Morgan fingerprint density at radius 3 is 2.93 bits per heavy atom. The van der Waals surface area contributed by atoms with Gasteiger partial charge in [0.2, 0.25) is 5.91 Å². The van der Waals surface area contributed by atoms with Crippen LogP contribution in [0.1, 0.15) is 12.8 Å². The molecule has 0 saturated heterocycles. The molecule has 1 aliphatic carbocycles. The van der Waals surface area contributed by atoms with Crippen LogP contribution >= 0.6 is 11.6 Å². The van der Waals surface area contributed by atoms with Crippen molar-refractivity contribution in [3.05, 3.63) is 23.2 Å². The van der Waals surface area contributed by atoms with Crippen molar-refractivity contribution < 1.29 is 4.79 Å². The first-order valence-electron chi connectivity index (χ1n) is 5.10. The van der Waals surface area contributed by atoms with E-state index in [0.29, 0.717) is 17.6 Å². The monoisotopic (exact) mass is 222 g/mol. The van der Waals surface area contributed by atoms with E-state index in [1.54, 1.807) is 0 Å². The molecule has 2 aliphatic rings. The van der Waals surface area contributed by atoms with Crippen LogP contribution in [-0.2, 0) is 4.79 Å². The summed E-state index contributed by atoms with van der Waals surface area (Å²) in [6.07, 6.45) is 2.38. The van der Waals surface area contributed by atoms with E-state index in [4.69, 9.17) is 11.6 Å². The Morgan fingerprint density at radius 1 is 1.40 bits per heavy atom. The van der Waals surface area contributed by atoms with Gasteiger partial charge in [-0.3, -0.25) is 4.79 Å². The average Bonchev–Trinajstić information content (AvgIpc) is 2.98. The van der Waals surface area contributed by atoms with Crippen LogP contribution in [0.15, 0.2) is 18.2 Å². The van der Waals surface area contributed by atoms with E-state index >= 15 is 0 Å². The number of fused-ring (bicyclic) bond motifs is 1. The minimum atomic E-state index is 0.0525. The SMILES string of the molecule is O=C1CN(C2CC2)c2ccc(Cl)cc2N1. The van der Waals surface area contributed by atoms with Gasteiger partial charge >= 0.3 is 0 Å². The topological polar surface area (TPSA) is 32.3 Å². The molecule has 0 radical (unpaired) electrons. The highest BCUT2D eigenvalue weighted by molar-refractivity contribution is 6.31. The lowest BCUT2D eigenvalue weighted by Crippen LogP contribution is -2.39. The van der Waals surface area contributed by atoms with Crippen molar-refractivity contribution in [3.8, 4) is 0 Å². The van der Waals surface area contributed by atoms with Gasteiger partial charge in [0.15, 0.2) is 0 Å².